The summed E-state index contributed by atoms with van der Waals surface area (Å²) in [6.45, 7) is 2.20. The number of carbonyl (C=O) groups excluding carboxylic acids is 2. The lowest BCUT2D eigenvalue weighted by molar-refractivity contribution is -0.121. The molecule has 1 aliphatic heterocycles. The summed E-state index contributed by atoms with van der Waals surface area (Å²) in [4.78, 5) is 30.3. The predicted octanol–water partition coefficient (Wildman–Crippen LogP) is 3.07. The summed E-state index contributed by atoms with van der Waals surface area (Å²) in [6, 6.07) is 13.8. The van der Waals surface area contributed by atoms with Crippen LogP contribution in [0.25, 0.3) is 0 Å². The molecule has 0 atom stereocenters. The minimum Gasteiger partial charge on any atom is -0.356 e. The molecule has 1 fully saturated rings. The number of aryl methyl sites for hydroxylation is 1. The van der Waals surface area contributed by atoms with E-state index in [0.29, 0.717) is 24.4 Å². The number of amides is 2. The highest BCUT2D eigenvalue weighted by Gasteiger charge is 2.23. The second kappa shape index (κ2) is 9.86. The molecule has 1 aromatic heterocycles. The third kappa shape index (κ3) is 5.91. The molecule has 1 aliphatic rings. The summed E-state index contributed by atoms with van der Waals surface area (Å²) in [7, 11) is 0. The van der Waals surface area contributed by atoms with Gasteiger partial charge in [-0.25, -0.2) is 0 Å². The average Bonchev–Trinajstić information content (AvgIpc) is 2.73. The number of likely N-dealkylation sites (tertiary alicyclic amines) is 1. The molecule has 27 heavy (non-hydrogen) atoms. The minimum atomic E-state index is 0.0702. The van der Waals surface area contributed by atoms with Gasteiger partial charge in [0.15, 0.2) is 0 Å². The van der Waals surface area contributed by atoms with Crippen molar-refractivity contribution in [1.82, 2.24) is 15.2 Å². The Morgan fingerprint density at radius 3 is 2.44 bits per heavy atom. The Labute approximate surface area is 160 Å². The highest BCUT2D eigenvalue weighted by Crippen LogP contribution is 2.18. The predicted molar refractivity (Wildman–Crippen MR) is 105 cm³/mol. The smallest absolute Gasteiger partial charge is 0.253 e. The van der Waals surface area contributed by atoms with E-state index in [9.17, 15) is 9.59 Å². The van der Waals surface area contributed by atoms with Gasteiger partial charge in [0, 0.05) is 44.0 Å². The average molecular weight is 365 g/mol. The molecular weight excluding hydrogens is 338 g/mol. The van der Waals surface area contributed by atoms with Gasteiger partial charge in [0.05, 0.1) is 0 Å². The van der Waals surface area contributed by atoms with Crippen LogP contribution < -0.4 is 5.32 Å². The lowest BCUT2D eigenvalue weighted by atomic mass is 9.96. The minimum absolute atomic E-state index is 0.0702. The molecule has 0 aliphatic carbocycles. The molecule has 1 N–H and O–H groups in total. The molecule has 2 aromatic rings. The maximum atomic E-state index is 12.4. The van der Waals surface area contributed by atoms with Crippen molar-refractivity contribution in [2.45, 2.75) is 32.1 Å². The Balaban J connectivity index is 1.32. The Bertz CT molecular complexity index is 726. The SMILES string of the molecule is O=C(CCCc1ccccc1)NCC1CCN(C(=O)c2ccncc2)CC1. The number of nitrogens with one attached hydrogen (secondary N) is 1. The number of nitrogens with zero attached hydrogens (tertiary/aromatic N) is 2. The van der Waals surface area contributed by atoms with Crippen LogP contribution in [0.4, 0.5) is 0 Å². The Kier molecular flexibility index (Phi) is 6.97. The van der Waals surface area contributed by atoms with Crippen LogP contribution in [0.2, 0.25) is 0 Å². The lowest BCUT2D eigenvalue weighted by Crippen LogP contribution is -2.41. The molecule has 2 heterocycles. The van der Waals surface area contributed by atoms with Crippen LogP contribution in [0.15, 0.2) is 54.9 Å². The zero-order valence-corrected chi connectivity index (χ0v) is 15.6. The Hall–Kier alpha value is -2.69. The second-order valence-corrected chi connectivity index (χ2v) is 7.11. The zero-order chi connectivity index (χ0) is 18.9. The quantitative estimate of drug-likeness (QED) is 0.820. The van der Waals surface area contributed by atoms with Gasteiger partial charge in [-0.05, 0) is 49.3 Å². The highest BCUT2D eigenvalue weighted by molar-refractivity contribution is 5.94. The highest BCUT2D eigenvalue weighted by atomic mass is 16.2. The largest absolute Gasteiger partial charge is 0.356 e. The first-order valence-corrected chi connectivity index (χ1v) is 9.72. The molecule has 0 unspecified atom stereocenters. The fourth-order valence-corrected chi connectivity index (χ4v) is 3.46. The van der Waals surface area contributed by atoms with E-state index < -0.39 is 0 Å². The summed E-state index contributed by atoms with van der Waals surface area (Å²) < 4.78 is 0. The van der Waals surface area contributed by atoms with Crippen LogP contribution in [-0.4, -0.2) is 41.3 Å². The van der Waals surface area contributed by atoms with Crippen molar-refractivity contribution < 1.29 is 9.59 Å². The lowest BCUT2D eigenvalue weighted by Gasteiger charge is -2.32. The fourth-order valence-electron chi connectivity index (χ4n) is 3.46. The van der Waals surface area contributed by atoms with Gasteiger partial charge in [0.1, 0.15) is 0 Å². The summed E-state index contributed by atoms with van der Waals surface area (Å²) >= 11 is 0. The maximum absolute atomic E-state index is 12.4. The van der Waals surface area contributed by atoms with Crippen LogP contribution in [-0.2, 0) is 11.2 Å². The van der Waals surface area contributed by atoms with Gasteiger partial charge in [-0.2, -0.15) is 0 Å². The van der Waals surface area contributed by atoms with Crippen LogP contribution in [0.1, 0.15) is 41.6 Å². The maximum Gasteiger partial charge on any atom is 0.253 e. The molecule has 1 saturated heterocycles. The molecule has 1 aromatic carbocycles. The van der Waals surface area contributed by atoms with Crippen molar-refractivity contribution in [3.63, 3.8) is 0 Å². The van der Waals surface area contributed by atoms with E-state index in [4.69, 9.17) is 0 Å². The molecule has 0 spiro atoms. The van der Waals surface area contributed by atoms with Crippen LogP contribution in [0.3, 0.4) is 0 Å². The van der Waals surface area contributed by atoms with Crippen LogP contribution >= 0.6 is 0 Å². The van der Waals surface area contributed by atoms with Crippen molar-refractivity contribution >= 4 is 11.8 Å². The van der Waals surface area contributed by atoms with Gasteiger partial charge in [0.2, 0.25) is 5.91 Å². The molecule has 142 valence electrons. The third-order valence-electron chi connectivity index (χ3n) is 5.13. The fraction of sp³-hybridized carbons (Fsp3) is 0.409. The number of hydrogen-bond acceptors (Lipinski definition) is 3. The van der Waals surface area contributed by atoms with Gasteiger partial charge >= 0.3 is 0 Å². The monoisotopic (exact) mass is 365 g/mol. The number of rotatable bonds is 7. The first-order valence-electron chi connectivity index (χ1n) is 9.72. The van der Waals surface area contributed by atoms with Gasteiger partial charge < -0.3 is 10.2 Å². The standard InChI is InChI=1S/C22H27N3O2/c26-21(8-4-7-18-5-2-1-3-6-18)24-17-19-11-15-25(16-12-19)22(27)20-9-13-23-14-10-20/h1-3,5-6,9-10,13-14,19H,4,7-8,11-12,15-17H2,(H,24,26). The van der Waals surface area contributed by atoms with Crippen molar-refractivity contribution in [3.8, 4) is 0 Å². The van der Waals surface area contributed by atoms with E-state index in [0.717, 1.165) is 38.8 Å². The molecule has 5 heteroatoms. The van der Waals surface area contributed by atoms with Crippen molar-refractivity contribution in [1.29, 1.82) is 0 Å². The van der Waals surface area contributed by atoms with Gasteiger partial charge in [-0.3, -0.25) is 14.6 Å². The number of aromatic nitrogens is 1. The van der Waals surface area contributed by atoms with E-state index in [1.807, 2.05) is 23.1 Å². The second-order valence-electron chi connectivity index (χ2n) is 7.11. The van der Waals surface area contributed by atoms with Gasteiger partial charge in [-0.15, -0.1) is 0 Å². The van der Waals surface area contributed by atoms with Crippen LogP contribution in [0, 0.1) is 5.92 Å². The summed E-state index contributed by atoms with van der Waals surface area (Å²) in [5.74, 6) is 0.645. The summed E-state index contributed by atoms with van der Waals surface area (Å²) in [6.07, 6.45) is 7.52. The topological polar surface area (TPSA) is 62.3 Å². The number of pyridine rings is 1. The zero-order valence-electron chi connectivity index (χ0n) is 15.6. The third-order valence-corrected chi connectivity index (χ3v) is 5.13. The summed E-state index contributed by atoms with van der Waals surface area (Å²) in [5.41, 5.74) is 1.96. The normalized spacial score (nSPS) is 14.7. The molecule has 5 nitrogen and oxygen atoms in total. The van der Waals surface area contributed by atoms with E-state index in [-0.39, 0.29) is 11.8 Å². The molecule has 0 bridgehead atoms. The Morgan fingerprint density at radius 1 is 1.04 bits per heavy atom. The van der Waals surface area contributed by atoms with E-state index in [2.05, 4.69) is 22.4 Å². The molecule has 3 rings (SSSR count). The van der Waals surface area contributed by atoms with Gasteiger partial charge in [-0.1, -0.05) is 30.3 Å². The first-order chi connectivity index (χ1) is 13.2. The molecule has 2 amide bonds. The number of benzene rings is 1. The number of hydrogen-bond donors (Lipinski definition) is 1. The van der Waals surface area contributed by atoms with Crippen LogP contribution in [0.5, 0.6) is 0 Å². The Morgan fingerprint density at radius 2 is 1.74 bits per heavy atom. The molecular formula is C22H27N3O2. The summed E-state index contributed by atoms with van der Waals surface area (Å²) in [5, 5.41) is 3.06. The van der Waals surface area contributed by atoms with E-state index in [1.165, 1.54) is 5.56 Å². The number of carbonyl (C=O) groups is 2. The van der Waals surface area contributed by atoms with Crippen molar-refractivity contribution in [2.24, 2.45) is 5.92 Å². The molecule has 0 radical (unpaired) electrons. The van der Waals surface area contributed by atoms with E-state index in [1.54, 1.807) is 24.5 Å². The van der Waals surface area contributed by atoms with Crippen molar-refractivity contribution in [3.05, 3.63) is 66.0 Å². The van der Waals surface area contributed by atoms with Crippen molar-refractivity contribution in [2.75, 3.05) is 19.6 Å². The molecule has 0 saturated carbocycles. The van der Waals surface area contributed by atoms with Gasteiger partial charge in [0.25, 0.3) is 5.91 Å². The first kappa shape index (κ1) is 19.1. The van der Waals surface area contributed by atoms with E-state index >= 15 is 0 Å². The number of piperidine rings is 1.